The molecule has 1 aromatic carbocycles. The Kier molecular flexibility index (Phi) is 5.55. The fourth-order valence-corrected chi connectivity index (χ4v) is 4.98. The molecule has 0 atom stereocenters. The summed E-state index contributed by atoms with van der Waals surface area (Å²) in [5.41, 5.74) is 0. The number of hydrogen-bond donors (Lipinski definition) is 0. The molecule has 1 aliphatic heterocycles. The van der Waals surface area contributed by atoms with E-state index in [1.807, 2.05) is 16.3 Å². The van der Waals surface area contributed by atoms with Crippen LogP contribution in [0.25, 0.3) is 0 Å². The molecule has 0 N–H and O–H groups in total. The predicted octanol–water partition coefficient (Wildman–Crippen LogP) is 2.73. The predicted molar refractivity (Wildman–Crippen MR) is 95.3 cm³/mol. The van der Waals surface area contributed by atoms with E-state index in [0.717, 1.165) is 12.1 Å². The molecule has 0 unspecified atom stereocenters. The molecular formula is C16H16ClFN2O3S2. The second-order valence-electron chi connectivity index (χ2n) is 5.66. The molecule has 0 amide bonds. The summed E-state index contributed by atoms with van der Waals surface area (Å²) in [5.74, 6) is -0.617. The Morgan fingerprint density at radius 2 is 1.92 bits per heavy atom. The average molecular weight is 403 g/mol. The number of halogens is 2. The van der Waals surface area contributed by atoms with E-state index in [0.29, 0.717) is 18.0 Å². The Morgan fingerprint density at radius 1 is 1.20 bits per heavy atom. The van der Waals surface area contributed by atoms with Gasteiger partial charge in [0.25, 0.3) is 0 Å². The van der Waals surface area contributed by atoms with Crippen molar-refractivity contribution in [3.8, 4) is 0 Å². The number of Topliss-reactive ketones (excluding diaryl/α,β-unsaturated/α-hetero) is 1. The minimum atomic E-state index is -3.72. The number of carbonyl (C=O) groups excluding carboxylic acids is 1. The highest BCUT2D eigenvalue weighted by atomic mass is 35.5. The van der Waals surface area contributed by atoms with Crippen molar-refractivity contribution in [3.63, 3.8) is 0 Å². The van der Waals surface area contributed by atoms with Crippen molar-refractivity contribution in [1.82, 2.24) is 9.21 Å². The molecule has 3 rings (SSSR count). The fourth-order valence-electron chi connectivity index (χ4n) is 2.63. The first-order valence-electron chi connectivity index (χ1n) is 7.62. The maximum atomic E-state index is 13.2. The smallest absolute Gasteiger partial charge is 0.243 e. The van der Waals surface area contributed by atoms with E-state index in [-0.39, 0.29) is 35.3 Å². The molecule has 25 heavy (non-hydrogen) atoms. The van der Waals surface area contributed by atoms with Crippen molar-refractivity contribution >= 4 is 38.7 Å². The molecular weight excluding hydrogens is 387 g/mol. The van der Waals surface area contributed by atoms with Crippen LogP contribution in [0.4, 0.5) is 4.39 Å². The zero-order valence-corrected chi connectivity index (χ0v) is 15.6. The Bertz CT molecular complexity index is 864. The van der Waals surface area contributed by atoms with Gasteiger partial charge >= 0.3 is 0 Å². The lowest BCUT2D eigenvalue weighted by Gasteiger charge is -2.33. The lowest BCUT2D eigenvalue weighted by molar-refractivity contribution is 0.0905. The molecule has 9 heteroatoms. The summed E-state index contributed by atoms with van der Waals surface area (Å²) < 4.78 is 39.8. The van der Waals surface area contributed by atoms with Gasteiger partial charge in [0.2, 0.25) is 10.0 Å². The Hall–Kier alpha value is -1.32. The third-order valence-corrected chi connectivity index (χ3v) is 7.12. The van der Waals surface area contributed by atoms with Crippen LogP contribution in [0.3, 0.4) is 0 Å². The third-order valence-electron chi connectivity index (χ3n) is 4.02. The summed E-state index contributed by atoms with van der Waals surface area (Å²) in [4.78, 5) is 14.7. The molecule has 0 saturated carbocycles. The highest BCUT2D eigenvalue weighted by Gasteiger charge is 2.29. The van der Waals surface area contributed by atoms with Crippen LogP contribution in [-0.4, -0.2) is 56.1 Å². The standard InChI is InChI=1S/C16H16ClFN2O3S2/c17-13-10-12(3-4-14(13)18)25(22,23)20-7-5-19(6-8-20)11-15(21)16-2-1-9-24-16/h1-4,9-10H,5-8,11H2. The molecule has 0 aliphatic carbocycles. The summed E-state index contributed by atoms with van der Waals surface area (Å²) in [6, 6.07) is 7.00. The SMILES string of the molecule is O=C(CN1CCN(S(=O)(=O)c2ccc(F)c(Cl)c2)CC1)c1cccs1. The zero-order chi connectivity index (χ0) is 18.0. The number of sulfonamides is 1. The summed E-state index contributed by atoms with van der Waals surface area (Å²) in [6.45, 7) is 1.75. The van der Waals surface area contributed by atoms with Crippen molar-refractivity contribution in [2.75, 3.05) is 32.7 Å². The number of carbonyl (C=O) groups is 1. The van der Waals surface area contributed by atoms with E-state index in [4.69, 9.17) is 11.6 Å². The number of thiophene rings is 1. The Balaban J connectivity index is 1.63. The topological polar surface area (TPSA) is 57.7 Å². The van der Waals surface area contributed by atoms with Gasteiger partial charge in [-0.25, -0.2) is 12.8 Å². The lowest BCUT2D eigenvalue weighted by atomic mass is 10.2. The molecule has 134 valence electrons. The van der Waals surface area contributed by atoms with Gasteiger partial charge in [-0.3, -0.25) is 9.69 Å². The molecule has 0 spiro atoms. The van der Waals surface area contributed by atoms with E-state index in [9.17, 15) is 17.6 Å². The van der Waals surface area contributed by atoms with Gasteiger partial charge in [0.15, 0.2) is 5.78 Å². The molecule has 1 fully saturated rings. The molecule has 1 saturated heterocycles. The van der Waals surface area contributed by atoms with Crippen LogP contribution in [-0.2, 0) is 10.0 Å². The summed E-state index contributed by atoms with van der Waals surface area (Å²) in [7, 11) is -3.72. The Labute approximate surface area is 154 Å². The zero-order valence-electron chi connectivity index (χ0n) is 13.2. The first kappa shape index (κ1) is 18.5. The van der Waals surface area contributed by atoms with Gasteiger partial charge in [-0.15, -0.1) is 11.3 Å². The normalized spacial score (nSPS) is 16.9. The van der Waals surface area contributed by atoms with Crippen molar-refractivity contribution < 1.29 is 17.6 Å². The second-order valence-corrected chi connectivity index (χ2v) is 8.95. The quantitative estimate of drug-likeness (QED) is 0.721. The lowest BCUT2D eigenvalue weighted by Crippen LogP contribution is -2.49. The fraction of sp³-hybridized carbons (Fsp3) is 0.312. The van der Waals surface area contributed by atoms with E-state index >= 15 is 0 Å². The first-order chi connectivity index (χ1) is 11.9. The molecule has 2 aromatic rings. The molecule has 1 aliphatic rings. The van der Waals surface area contributed by atoms with Crippen molar-refractivity contribution in [2.24, 2.45) is 0 Å². The summed E-state index contributed by atoms with van der Waals surface area (Å²) >= 11 is 7.08. The highest BCUT2D eigenvalue weighted by Crippen LogP contribution is 2.23. The molecule has 0 radical (unpaired) electrons. The van der Waals surface area contributed by atoms with Gasteiger partial charge in [-0.2, -0.15) is 4.31 Å². The van der Waals surface area contributed by atoms with E-state index in [1.54, 1.807) is 6.07 Å². The number of rotatable bonds is 5. The minimum Gasteiger partial charge on any atom is -0.293 e. The van der Waals surface area contributed by atoms with E-state index in [1.165, 1.54) is 21.7 Å². The van der Waals surface area contributed by atoms with Crippen molar-refractivity contribution in [1.29, 1.82) is 0 Å². The molecule has 1 aromatic heterocycles. The molecule has 0 bridgehead atoms. The van der Waals surface area contributed by atoms with Crippen LogP contribution < -0.4 is 0 Å². The number of hydrogen-bond acceptors (Lipinski definition) is 5. The van der Waals surface area contributed by atoms with Crippen LogP contribution in [0, 0.1) is 5.82 Å². The monoisotopic (exact) mass is 402 g/mol. The van der Waals surface area contributed by atoms with Gasteiger partial charge in [-0.05, 0) is 29.6 Å². The number of benzene rings is 1. The number of ketones is 1. The molecule has 5 nitrogen and oxygen atoms in total. The van der Waals surface area contributed by atoms with Crippen LogP contribution in [0.5, 0.6) is 0 Å². The van der Waals surface area contributed by atoms with Crippen LogP contribution in [0.15, 0.2) is 40.6 Å². The van der Waals surface area contributed by atoms with Crippen LogP contribution in [0.2, 0.25) is 5.02 Å². The second kappa shape index (κ2) is 7.51. The van der Waals surface area contributed by atoms with Crippen LogP contribution >= 0.6 is 22.9 Å². The Morgan fingerprint density at radius 3 is 2.52 bits per heavy atom. The van der Waals surface area contributed by atoms with Gasteiger partial charge in [-0.1, -0.05) is 17.7 Å². The third kappa shape index (κ3) is 4.09. The summed E-state index contributed by atoms with van der Waals surface area (Å²) in [5, 5.41) is 1.63. The number of piperazine rings is 1. The van der Waals surface area contributed by atoms with Gasteiger partial charge < -0.3 is 0 Å². The molecule has 2 heterocycles. The minimum absolute atomic E-state index is 0.0259. The van der Waals surface area contributed by atoms with Gasteiger partial charge in [0.05, 0.1) is 21.3 Å². The maximum Gasteiger partial charge on any atom is 0.243 e. The highest BCUT2D eigenvalue weighted by molar-refractivity contribution is 7.89. The van der Waals surface area contributed by atoms with Gasteiger partial charge in [0, 0.05) is 26.2 Å². The largest absolute Gasteiger partial charge is 0.293 e. The van der Waals surface area contributed by atoms with E-state index < -0.39 is 15.8 Å². The van der Waals surface area contributed by atoms with Crippen molar-refractivity contribution in [2.45, 2.75) is 4.90 Å². The first-order valence-corrected chi connectivity index (χ1v) is 10.3. The van der Waals surface area contributed by atoms with Crippen molar-refractivity contribution in [3.05, 3.63) is 51.4 Å². The van der Waals surface area contributed by atoms with E-state index in [2.05, 4.69) is 0 Å². The number of nitrogens with zero attached hydrogens (tertiary/aromatic N) is 2. The van der Waals surface area contributed by atoms with Crippen LogP contribution in [0.1, 0.15) is 9.67 Å². The average Bonchev–Trinajstić information content (AvgIpc) is 3.12. The summed E-state index contributed by atoms with van der Waals surface area (Å²) in [6.07, 6.45) is 0. The van der Waals surface area contributed by atoms with Gasteiger partial charge in [0.1, 0.15) is 5.82 Å². The maximum absolute atomic E-state index is 13.2.